The zero-order valence-electron chi connectivity index (χ0n) is 15.9. The Kier molecular flexibility index (Phi) is 7.37. The van der Waals surface area contributed by atoms with Crippen LogP contribution in [0.3, 0.4) is 0 Å². The number of benzene rings is 1. The summed E-state index contributed by atoms with van der Waals surface area (Å²) in [5.41, 5.74) is 2.08. The maximum atomic E-state index is 11.6. The Morgan fingerprint density at radius 1 is 1.24 bits per heavy atom. The molecule has 1 fully saturated rings. The highest BCUT2D eigenvalue weighted by Gasteiger charge is 2.14. The van der Waals surface area contributed by atoms with Gasteiger partial charge in [-0.25, -0.2) is 4.79 Å². The summed E-state index contributed by atoms with van der Waals surface area (Å²) in [6, 6.07) is 8.41. The summed E-state index contributed by atoms with van der Waals surface area (Å²) in [5.74, 6) is 7.36. The molecule has 1 N–H and O–H groups in total. The van der Waals surface area contributed by atoms with Crippen LogP contribution in [0.2, 0.25) is 0 Å². The molecule has 1 amide bonds. The van der Waals surface area contributed by atoms with E-state index in [1.54, 1.807) is 0 Å². The summed E-state index contributed by atoms with van der Waals surface area (Å²) in [5, 5.41) is 2.80. The fourth-order valence-electron chi connectivity index (χ4n) is 3.02. The normalized spacial score (nSPS) is 15.2. The zero-order chi connectivity index (χ0) is 18.1. The van der Waals surface area contributed by atoms with Crippen molar-refractivity contribution >= 4 is 6.09 Å². The minimum Gasteiger partial charge on any atom is -0.450 e. The van der Waals surface area contributed by atoms with Crippen molar-refractivity contribution in [2.75, 3.05) is 6.61 Å². The third-order valence-corrected chi connectivity index (χ3v) is 4.27. The Hall–Kier alpha value is -1.95. The van der Waals surface area contributed by atoms with Gasteiger partial charge in [-0.3, -0.25) is 0 Å². The smallest absolute Gasteiger partial charge is 0.407 e. The van der Waals surface area contributed by atoms with Crippen molar-refractivity contribution in [1.82, 2.24) is 5.32 Å². The first-order valence-electron chi connectivity index (χ1n) is 9.48. The number of alkyl carbamates (subject to hydrolysis) is 1. The molecule has 1 saturated carbocycles. The van der Waals surface area contributed by atoms with Gasteiger partial charge in [-0.15, -0.1) is 0 Å². The number of rotatable bonds is 4. The summed E-state index contributed by atoms with van der Waals surface area (Å²) in [4.78, 5) is 11.6. The standard InChI is InChI=1S/C22H31NO2/c1-22(2,3)23-21(24)25-16-8-13-19-11-7-12-20(17-19)15-14-18-9-5-4-6-10-18/h7,11-12,17-18H,4-6,8-10,13,16H2,1-3H3,(H,23,24). The van der Waals surface area contributed by atoms with Crippen LogP contribution in [-0.4, -0.2) is 18.2 Å². The van der Waals surface area contributed by atoms with E-state index in [-0.39, 0.29) is 11.6 Å². The molecule has 0 spiro atoms. The fraction of sp³-hybridized carbons (Fsp3) is 0.591. The Balaban J connectivity index is 1.76. The molecule has 0 unspecified atom stereocenters. The van der Waals surface area contributed by atoms with Crippen molar-refractivity contribution in [3.8, 4) is 11.8 Å². The molecule has 2 rings (SSSR count). The van der Waals surface area contributed by atoms with Crippen LogP contribution in [0.25, 0.3) is 0 Å². The van der Waals surface area contributed by atoms with Gasteiger partial charge < -0.3 is 10.1 Å². The summed E-state index contributed by atoms with van der Waals surface area (Å²) in [6.45, 7) is 6.25. The van der Waals surface area contributed by atoms with Crippen LogP contribution in [0, 0.1) is 17.8 Å². The van der Waals surface area contributed by atoms with E-state index in [9.17, 15) is 4.79 Å². The maximum Gasteiger partial charge on any atom is 0.407 e. The third kappa shape index (κ3) is 8.12. The second-order valence-corrected chi connectivity index (χ2v) is 7.92. The van der Waals surface area contributed by atoms with Crippen LogP contribution in [0.4, 0.5) is 4.79 Å². The molecule has 0 aliphatic heterocycles. The molecule has 3 heteroatoms. The second-order valence-electron chi connectivity index (χ2n) is 7.92. The summed E-state index contributed by atoms with van der Waals surface area (Å²) in [7, 11) is 0. The Labute approximate surface area is 152 Å². The zero-order valence-corrected chi connectivity index (χ0v) is 15.9. The summed E-state index contributed by atoms with van der Waals surface area (Å²) < 4.78 is 5.22. The number of carbonyl (C=O) groups is 1. The van der Waals surface area contributed by atoms with Crippen LogP contribution in [0.15, 0.2) is 24.3 Å². The highest BCUT2D eigenvalue weighted by molar-refractivity contribution is 5.68. The molecular weight excluding hydrogens is 310 g/mol. The Bertz CT molecular complexity index is 613. The Morgan fingerprint density at radius 3 is 2.72 bits per heavy atom. The number of nitrogens with one attached hydrogen (secondary N) is 1. The van der Waals surface area contributed by atoms with Crippen molar-refractivity contribution in [3.63, 3.8) is 0 Å². The van der Waals surface area contributed by atoms with E-state index < -0.39 is 0 Å². The minimum absolute atomic E-state index is 0.261. The lowest BCUT2D eigenvalue weighted by atomic mass is 9.89. The molecule has 1 aromatic carbocycles. The number of ether oxygens (including phenoxy) is 1. The number of hydrogen-bond acceptors (Lipinski definition) is 2. The van der Waals surface area contributed by atoms with Gasteiger partial charge in [0.05, 0.1) is 6.61 Å². The van der Waals surface area contributed by atoms with Gasteiger partial charge in [0, 0.05) is 17.0 Å². The number of amides is 1. The summed E-state index contributed by atoms with van der Waals surface area (Å²) >= 11 is 0. The molecule has 0 bridgehead atoms. The first-order chi connectivity index (χ1) is 11.9. The molecule has 3 nitrogen and oxygen atoms in total. The molecular formula is C22H31NO2. The molecule has 25 heavy (non-hydrogen) atoms. The molecule has 0 aromatic heterocycles. The van der Waals surface area contributed by atoms with Crippen molar-refractivity contribution in [2.24, 2.45) is 5.92 Å². The van der Waals surface area contributed by atoms with E-state index in [1.165, 1.54) is 37.7 Å². The van der Waals surface area contributed by atoms with Gasteiger partial charge in [-0.1, -0.05) is 43.2 Å². The average molecular weight is 341 g/mol. The second kappa shape index (κ2) is 9.51. The molecule has 0 atom stereocenters. The summed E-state index contributed by atoms with van der Waals surface area (Å²) in [6.07, 6.45) is 7.87. The van der Waals surface area contributed by atoms with Crippen molar-refractivity contribution in [3.05, 3.63) is 35.4 Å². The van der Waals surface area contributed by atoms with Gasteiger partial charge in [-0.2, -0.15) is 0 Å². The number of hydrogen-bond donors (Lipinski definition) is 1. The number of carbonyl (C=O) groups excluding carboxylic acids is 1. The fourth-order valence-corrected chi connectivity index (χ4v) is 3.02. The van der Waals surface area contributed by atoms with E-state index >= 15 is 0 Å². The van der Waals surface area contributed by atoms with E-state index in [0.717, 1.165) is 18.4 Å². The monoisotopic (exact) mass is 341 g/mol. The highest BCUT2D eigenvalue weighted by Crippen LogP contribution is 2.22. The Morgan fingerprint density at radius 2 is 2.00 bits per heavy atom. The first kappa shape index (κ1) is 19.4. The van der Waals surface area contributed by atoms with Crippen LogP contribution in [0.5, 0.6) is 0 Å². The largest absolute Gasteiger partial charge is 0.450 e. The molecule has 1 aromatic rings. The van der Waals surface area contributed by atoms with Crippen molar-refractivity contribution in [1.29, 1.82) is 0 Å². The van der Waals surface area contributed by atoms with Gasteiger partial charge >= 0.3 is 6.09 Å². The van der Waals surface area contributed by atoms with Gasteiger partial charge in [0.2, 0.25) is 0 Å². The number of aryl methyl sites for hydroxylation is 1. The van der Waals surface area contributed by atoms with Crippen LogP contribution < -0.4 is 5.32 Å². The predicted octanol–water partition coefficient (Wildman–Crippen LogP) is 5.08. The quantitative estimate of drug-likeness (QED) is 0.613. The lowest BCUT2D eigenvalue weighted by molar-refractivity contribution is 0.136. The molecule has 0 saturated heterocycles. The SMILES string of the molecule is CC(C)(C)NC(=O)OCCCc1cccc(C#CC2CCCCC2)c1. The van der Waals surface area contributed by atoms with E-state index in [4.69, 9.17) is 4.74 Å². The molecule has 0 radical (unpaired) electrons. The van der Waals surface area contributed by atoms with E-state index in [1.807, 2.05) is 20.8 Å². The van der Waals surface area contributed by atoms with Crippen LogP contribution >= 0.6 is 0 Å². The van der Waals surface area contributed by atoms with Crippen LogP contribution in [0.1, 0.15) is 70.4 Å². The van der Waals surface area contributed by atoms with Gasteiger partial charge in [0.25, 0.3) is 0 Å². The third-order valence-electron chi connectivity index (χ3n) is 4.27. The van der Waals surface area contributed by atoms with Gasteiger partial charge in [0.15, 0.2) is 0 Å². The van der Waals surface area contributed by atoms with E-state index in [0.29, 0.717) is 12.5 Å². The maximum absolute atomic E-state index is 11.6. The lowest BCUT2D eigenvalue weighted by Gasteiger charge is -2.19. The molecule has 1 aliphatic rings. The average Bonchev–Trinajstić information content (AvgIpc) is 2.57. The highest BCUT2D eigenvalue weighted by atomic mass is 16.5. The first-order valence-corrected chi connectivity index (χ1v) is 9.48. The van der Waals surface area contributed by atoms with E-state index in [2.05, 4.69) is 41.4 Å². The molecule has 1 aliphatic carbocycles. The van der Waals surface area contributed by atoms with Crippen LogP contribution in [-0.2, 0) is 11.2 Å². The predicted molar refractivity (Wildman–Crippen MR) is 102 cm³/mol. The van der Waals surface area contributed by atoms with Crippen molar-refractivity contribution < 1.29 is 9.53 Å². The van der Waals surface area contributed by atoms with Gasteiger partial charge in [0.1, 0.15) is 0 Å². The molecule has 136 valence electrons. The van der Waals surface area contributed by atoms with Gasteiger partial charge in [-0.05, 0) is 64.2 Å². The minimum atomic E-state index is -0.348. The molecule has 0 heterocycles. The lowest BCUT2D eigenvalue weighted by Crippen LogP contribution is -2.41. The van der Waals surface area contributed by atoms with Crippen molar-refractivity contribution in [2.45, 2.75) is 71.3 Å². The topological polar surface area (TPSA) is 38.3 Å².